The zero-order valence-electron chi connectivity index (χ0n) is 15.5. The summed E-state index contributed by atoms with van der Waals surface area (Å²) in [5.74, 6) is -3.04. The highest BCUT2D eigenvalue weighted by Crippen LogP contribution is 2.39. The number of carbonyl (C=O) groups is 1. The van der Waals surface area contributed by atoms with Gasteiger partial charge in [0.25, 0.3) is 0 Å². The van der Waals surface area contributed by atoms with Gasteiger partial charge in [0, 0.05) is 23.7 Å². The molecule has 1 aliphatic heterocycles. The van der Waals surface area contributed by atoms with Gasteiger partial charge in [0.15, 0.2) is 21.5 Å². The lowest BCUT2D eigenvalue weighted by atomic mass is 9.92. The number of aliphatic imine (C=N–C) groups is 1. The lowest BCUT2D eigenvalue weighted by Gasteiger charge is -2.38. The number of hydrogen-bond acceptors (Lipinski definition) is 5. The van der Waals surface area contributed by atoms with Crippen LogP contribution in [0.3, 0.4) is 0 Å². The zero-order chi connectivity index (χ0) is 20.2. The fraction of sp³-hybridized carbons (Fsp3) is 0.556. The topological polar surface area (TPSA) is 102 Å². The van der Waals surface area contributed by atoms with Crippen LogP contribution < -0.4 is 11.1 Å². The molecule has 3 rings (SSSR count). The molecular formula is C18H23F2N3O3S. The van der Waals surface area contributed by atoms with Crippen LogP contribution in [0.25, 0.3) is 0 Å². The first-order chi connectivity index (χ1) is 12.4. The molecule has 0 saturated heterocycles. The Hall–Kier alpha value is -2.03. The van der Waals surface area contributed by atoms with Crippen LogP contribution in [0.15, 0.2) is 17.1 Å². The summed E-state index contributed by atoms with van der Waals surface area (Å²) in [6.07, 6.45) is 2.28. The number of halogens is 2. The number of rotatable bonds is 4. The SMILES string of the molecule is CC1(C)C(N)=N[C@](C)(c2cc(NC(=O)CC3CC3)cc(F)c2F)CS1(=O)=O. The van der Waals surface area contributed by atoms with Gasteiger partial charge >= 0.3 is 0 Å². The molecule has 0 aromatic heterocycles. The molecule has 1 atom stereocenters. The van der Waals surface area contributed by atoms with Crippen molar-refractivity contribution in [3.8, 4) is 0 Å². The van der Waals surface area contributed by atoms with Gasteiger partial charge in [-0.15, -0.1) is 0 Å². The Balaban J connectivity index is 2.02. The van der Waals surface area contributed by atoms with E-state index >= 15 is 0 Å². The number of benzene rings is 1. The van der Waals surface area contributed by atoms with Crippen molar-refractivity contribution in [1.29, 1.82) is 0 Å². The van der Waals surface area contributed by atoms with Gasteiger partial charge in [0.1, 0.15) is 16.1 Å². The minimum atomic E-state index is -3.77. The van der Waals surface area contributed by atoms with Crippen molar-refractivity contribution in [3.63, 3.8) is 0 Å². The van der Waals surface area contributed by atoms with Gasteiger partial charge < -0.3 is 11.1 Å². The van der Waals surface area contributed by atoms with Crippen molar-refractivity contribution in [3.05, 3.63) is 29.3 Å². The van der Waals surface area contributed by atoms with E-state index in [2.05, 4.69) is 10.3 Å². The van der Waals surface area contributed by atoms with Gasteiger partial charge in [-0.1, -0.05) is 0 Å². The van der Waals surface area contributed by atoms with Gasteiger partial charge in [0.2, 0.25) is 5.91 Å². The number of carbonyl (C=O) groups excluding carboxylic acids is 1. The van der Waals surface area contributed by atoms with Crippen LogP contribution in [0.2, 0.25) is 0 Å². The van der Waals surface area contributed by atoms with Crippen LogP contribution in [0.5, 0.6) is 0 Å². The maximum atomic E-state index is 14.5. The Labute approximate surface area is 157 Å². The first kappa shape index (κ1) is 19.7. The summed E-state index contributed by atoms with van der Waals surface area (Å²) in [6, 6.07) is 2.11. The predicted molar refractivity (Wildman–Crippen MR) is 99.2 cm³/mol. The van der Waals surface area contributed by atoms with Gasteiger partial charge in [-0.3, -0.25) is 9.79 Å². The molecule has 2 aliphatic rings. The smallest absolute Gasteiger partial charge is 0.224 e. The third-order valence-corrected chi connectivity index (χ3v) is 8.00. The first-order valence-electron chi connectivity index (χ1n) is 8.73. The van der Waals surface area contributed by atoms with E-state index < -0.39 is 37.5 Å². The van der Waals surface area contributed by atoms with Crippen LogP contribution in [0.4, 0.5) is 14.5 Å². The number of amidine groups is 1. The summed E-state index contributed by atoms with van der Waals surface area (Å²) in [5.41, 5.74) is 4.06. The van der Waals surface area contributed by atoms with E-state index in [9.17, 15) is 22.0 Å². The molecule has 1 amide bonds. The average Bonchev–Trinajstić information content (AvgIpc) is 3.32. The Bertz CT molecular complexity index is 939. The van der Waals surface area contributed by atoms with Crippen LogP contribution in [-0.4, -0.2) is 30.7 Å². The minimum absolute atomic E-state index is 0.0618. The largest absolute Gasteiger partial charge is 0.386 e. The third-order valence-electron chi connectivity index (χ3n) is 5.30. The van der Waals surface area contributed by atoms with Crippen molar-refractivity contribution >= 4 is 27.3 Å². The predicted octanol–water partition coefficient (Wildman–Crippen LogP) is 2.48. The Morgan fingerprint density at radius 3 is 2.48 bits per heavy atom. The van der Waals surface area contributed by atoms with E-state index in [1.54, 1.807) is 0 Å². The summed E-state index contributed by atoms with van der Waals surface area (Å²) >= 11 is 0. The van der Waals surface area contributed by atoms with Crippen LogP contribution in [0.1, 0.15) is 45.6 Å². The van der Waals surface area contributed by atoms with Gasteiger partial charge in [-0.2, -0.15) is 0 Å². The number of anilines is 1. The number of sulfone groups is 1. The molecule has 1 aromatic carbocycles. The molecule has 1 fully saturated rings. The molecule has 3 N–H and O–H groups in total. The molecule has 0 radical (unpaired) electrons. The lowest BCUT2D eigenvalue weighted by Crippen LogP contribution is -2.55. The van der Waals surface area contributed by atoms with E-state index in [0.717, 1.165) is 18.9 Å². The molecule has 27 heavy (non-hydrogen) atoms. The number of nitrogens with one attached hydrogen (secondary N) is 1. The van der Waals surface area contributed by atoms with E-state index in [1.165, 1.54) is 26.8 Å². The van der Waals surface area contributed by atoms with Crippen molar-refractivity contribution in [2.45, 2.75) is 50.3 Å². The summed E-state index contributed by atoms with van der Waals surface area (Å²) in [4.78, 5) is 16.2. The van der Waals surface area contributed by atoms with Crippen molar-refractivity contribution in [2.75, 3.05) is 11.1 Å². The molecule has 0 unspecified atom stereocenters. The normalized spacial score (nSPS) is 26.3. The molecule has 9 heteroatoms. The molecule has 1 aliphatic carbocycles. The monoisotopic (exact) mass is 399 g/mol. The summed E-state index contributed by atoms with van der Waals surface area (Å²) in [7, 11) is -3.77. The Morgan fingerprint density at radius 1 is 1.30 bits per heavy atom. The van der Waals surface area contributed by atoms with Gasteiger partial charge in [0.05, 0.1) is 5.75 Å². The molecule has 0 spiro atoms. The second kappa shape index (κ2) is 6.25. The third kappa shape index (κ3) is 3.56. The second-order valence-electron chi connectivity index (χ2n) is 8.06. The highest BCUT2D eigenvalue weighted by molar-refractivity contribution is 7.93. The standard InChI is InChI=1S/C18H23F2N3O3S/c1-17(2)16(21)23-18(3,9-27(17,25)26)12-7-11(8-13(19)15(12)20)22-14(24)6-10-4-5-10/h7-8,10H,4-6,9H2,1-3H3,(H2,21,23)(H,22,24)/t18-/m0/s1. The fourth-order valence-corrected chi connectivity index (χ4v) is 4.82. The Morgan fingerprint density at radius 2 is 1.93 bits per heavy atom. The summed E-state index contributed by atoms with van der Waals surface area (Å²) in [6.45, 7) is 4.23. The van der Waals surface area contributed by atoms with E-state index in [0.29, 0.717) is 12.3 Å². The maximum Gasteiger partial charge on any atom is 0.224 e. The highest BCUT2D eigenvalue weighted by Gasteiger charge is 2.49. The van der Waals surface area contributed by atoms with Crippen molar-refractivity contribution < 1.29 is 22.0 Å². The maximum absolute atomic E-state index is 14.5. The first-order valence-corrected chi connectivity index (χ1v) is 10.4. The number of nitrogens with zero attached hydrogens (tertiary/aromatic N) is 1. The molecule has 148 valence electrons. The van der Waals surface area contributed by atoms with Crippen LogP contribution in [0, 0.1) is 17.6 Å². The molecule has 0 bridgehead atoms. The van der Waals surface area contributed by atoms with Crippen molar-refractivity contribution in [1.82, 2.24) is 0 Å². The van der Waals surface area contributed by atoms with Crippen molar-refractivity contribution in [2.24, 2.45) is 16.6 Å². The molecule has 1 aromatic rings. The molecule has 6 nitrogen and oxygen atoms in total. The molecule has 1 saturated carbocycles. The minimum Gasteiger partial charge on any atom is -0.386 e. The summed E-state index contributed by atoms with van der Waals surface area (Å²) < 4.78 is 52.6. The lowest BCUT2D eigenvalue weighted by molar-refractivity contribution is -0.116. The van der Waals surface area contributed by atoms with Gasteiger partial charge in [-0.25, -0.2) is 17.2 Å². The van der Waals surface area contributed by atoms with E-state index in [-0.39, 0.29) is 23.0 Å². The summed E-state index contributed by atoms with van der Waals surface area (Å²) in [5, 5.41) is 2.55. The number of amides is 1. The van der Waals surface area contributed by atoms with Crippen LogP contribution >= 0.6 is 0 Å². The van der Waals surface area contributed by atoms with E-state index in [4.69, 9.17) is 5.73 Å². The van der Waals surface area contributed by atoms with E-state index in [1.807, 2.05) is 0 Å². The highest BCUT2D eigenvalue weighted by atomic mass is 32.2. The zero-order valence-corrected chi connectivity index (χ0v) is 16.3. The number of nitrogens with two attached hydrogens (primary N) is 1. The fourth-order valence-electron chi connectivity index (χ4n) is 3.13. The molecular weight excluding hydrogens is 376 g/mol. The molecule has 1 heterocycles. The van der Waals surface area contributed by atoms with Gasteiger partial charge in [-0.05, 0) is 45.6 Å². The Kier molecular flexibility index (Phi) is 4.57. The quantitative estimate of drug-likeness (QED) is 0.812. The van der Waals surface area contributed by atoms with Crippen LogP contribution in [-0.2, 0) is 20.2 Å². The average molecular weight is 399 g/mol. The second-order valence-corrected chi connectivity index (χ2v) is 10.6. The number of hydrogen-bond donors (Lipinski definition) is 2.